The largest absolute Gasteiger partial charge is 0.309 e. The Morgan fingerprint density at radius 2 is 1.09 bits per heavy atom. The first-order valence-corrected chi connectivity index (χ1v) is 14.6. The molecule has 200 valence electrons. The van der Waals surface area contributed by atoms with Crippen LogP contribution in [0.3, 0.4) is 0 Å². The van der Waals surface area contributed by atoms with Crippen molar-refractivity contribution in [2.45, 2.75) is 0 Å². The fourth-order valence-corrected chi connectivity index (χ4v) is 6.51. The lowest BCUT2D eigenvalue weighted by molar-refractivity contribution is 1.18. The Labute approximate surface area is 248 Å². The number of benzene rings is 7. The summed E-state index contributed by atoms with van der Waals surface area (Å²) >= 11 is 0. The molecule has 0 bridgehead atoms. The van der Waals surface area contributed by atoms with E-state index in [9.17, 15) is 0 Å². The minimum atomic E-state index is 0.725. The summed E-state index contributed by atoms with van der Waals surface area (Å²) in [6, 6.07) is 53.7. The molecule has 0 saturated carbocycles. The van der Waals surface area contributed by atoms with Crippen molar-refractivity contribution in [2.75, 3.05) is 0 Å². The Bertz CT molecular complexity index is 2490. The second-order valence-corrected chi connectivity index (χ2v) is 11.1. The lowest BCUT2D eigenvalue weighted by atomic mass is 10.0. The maximum atomic E-state index is 5.09. The third-order valence-corrected chi connectivity index (χ3v) is 8.55. The normalized spacial score (nSPS) is 11.7. The van der Waals surface area contributed by atoms with Crippen molar-refractivity contribution in [2.24, 2.45) is 0 Å². The van der Waals surface area contributed by atoms with Crippen LogP contribution in [0, 0.1) is 0 Å². The summed E-state index contributed by atoms with van der Waals surface area (Å²) in [4.78, 5) is 10.1. The number of aromatic nitrogens is 3. The summed E-state index contributed by atoms with van der Waals surface area (Å²) in [5.41, 5.74) is 7.50. The van der Waals surface area contributed by atoms with Crippen molar-refractivity contribution in [1.82, 2.24) is 14.5 Å². The van der Waals surface area contributed by atoms with Gasteiger partial charge in [-0.3, -0.25) is 0 Å². The highest BCUT2D eigenvalue weighted by Crippen LogP contribution is 2.39. The summed E-state index contributed by atoms with van der Waals surface area (Å²) in [6.45, 7) is 0. The van der Waals surface area contributed by atoms with Crippen LogP contribution in [0.5, 0.6) is 0 Å². The molecule has 0 spiro atoms. The van der Waals surface area contributed by atoms with Gasteiger partial charge in [0, 0.05) is 38.4 Å². The van der Waals surface area contributed by atoms with Crippen molar-refractivity contribution in [3.05, 3.63) is 152 Å². The minimum Gasteiger partial charge on any atom is -0.309 e. The van der Waals surface area contributed by atoms with Crippen LogP contribution in [0.4, 0.5) is 0 Å². The highest BCUT2D eigenvalue weighted by molar-refractivity contribution is 6.20. The van der Waals surface area contributed by atoms with E-state index in [2.05, 4.69) is 138 Å². The lowest BCUT2D eigenvalue weighted by Crippen LogP contribution is -1.97. The maximum absolute atomic E-state index is 5.09. The van der Waals surface area contributed by atoms with Gasteiger partial charge in [0.05, 0.1) is 22.2 Å². The first-order valence-electron chi connectivity index (χ1n) is 14.6. The van der Waals surface area contributed by atoms with Gasteiger partial charge in [-0.25, -0.2) is 9.97 Å². The number of hydrogen-bond acceptors (Lipinski definition) is 2. The number of nitrogens with zero attached hydrogens (tertiary/aromatic N) is 3. The van der Waals surface area contributed by atoms with Gasteiger partial charge in [-0.1, -0.05) is 109 Å². The Morgan fingerprint density at radius 1 is 0.419 bits per heavy atom. The number of fused-ring (bicyclic) bond motifs is 7. The second kappa shape index (κ2) is 9.37. The molecule has 7 aromatic carbocycles. The van der Waals surface area contributed by atoms with Crippen LogP contribution < -0.4 is 0 Å². The van der Waals surface area contributed by atoms with Crippen LogP contribution in [-0.2, 0) is 0 Å². The molecule has 2 heterocycles. The van der Waals surface area contributed by atoms with Crippen molar-refractivity contribution < 1.29 is 0 Å². The molecule has 3 heteroatoms. The number of rotatable bonds is 3. The van der Waals surface area contributed by atoms with Crippen LogP contribution in [-0.4, -0.2) is 14.5 Å². The van der Waals surface area contributed by atoms with Gasteiger partial charge >= 0.3 is 0 Å². The minimum absolute atomic E-state index is 0.725. The van der Waals surface area contributed by atoms with Crippen molar-refractivity contribution in [1.29, 1.82) is 0 Å². The highest BCUT2D eigenvalue weighted by atomic mass is 15.0. The van der Waals surface area contributed by atoms with E-state index in [4.69, 9.17) is 9.97 Å². The summed E-state index contributed by atoms with van der Waals surface area (Å²) < 4.78 is 2.42. The van der Waals surface area contributed by atoms with E-state index < -0.39 is 0 Å². The first-order chi connectivity index (χ1) is 21.3. The van der Waals surface area contributed by atoms with E-state index in [0.717, 1.165) is 39.2 Å². The summed E-state index contributed by atoms with van der Waals surface area (Å²) in [6.07, 6.45) is 0. The summed E-state index contributed by atoms with van der Waals surface area (Å²) in [5.74, 6) is 0.725. The molecule has 0 aliphatic heterocycles. The lowest BCUT2D eigenvalue weighted by Gasteiger charge is -2.12. The van der Waals surface area contributed by atoms with Gasteiger partial charge in [0.15, 0.2) is 5.82 Å². The van der Waals surface area contributed by atoms with Gasteiger partial charge in [0.2, 0.25) is 0 Å². The molecule has 3 nitrogen and oxygen atoms in total. The molecule has 0 amide bonds. The van der Waals surface area contributed by atoms with Crippen LogP contribution in [0.2, 0.25) is 0 Å². The Balaban J connectivity index is 1.27. The van der Waals surface area contributed by atoms with Crippen molar-refractivity contribution in [3.8, 4) is 28.3 Å². The SMILES string of the molecule is c1ccc(-c2nc(-c3ccc(-n4c5cc6ccccc6cc5c5ccc6ccccc6c54)cc3)nc3ccccc23)cc1. The zero-order valence-electron chi connectivity index (χ0n) is 23.3. The topological polar surface area (TPSA) is 30.7 Å². The van der Waals surface area contributed by atoms with E-state index >= 15 is 0 Å². The first kappa shape index (κ1) is 23.9. The molecule has 0 aliphatic carbocycles. The fraction of sp³-hybridized carbons (Fsp3) is 0. The zero-order valence-corrected chi connectivity index (χ0v) is 23.3. The predicted octanol–water partition coefficient (Wildman–Crippen LogP) is 10.4. The van der Waals surface area contributed by atoms with Gasteiger partial charge in [-0.2, -0.15) is 0 Å². The maximum Gasteiger partial charge on any atom is 0.160 e. The molecule has 0 atom stereocenters. The zero-order chi connectivity index (χ0) is 28.3. The molecule has 0 fully saturated rings. The molecule has 2 aromatic heterocycles. The monoisotopic (exact) mass is 547 g/mol. The fourth-order valence-electron chi connectivity index (χ4n) is 6.51. The smallest absolute Gasteiger partial charge is 0.160 e. The van der Waals surface area contributed by atoms with Crippen LogP contribution in [0.15, 0.2) is 152 Å². The van der Waals surface area contributed by atoms with E-state index in [1.54, 1.807) is 0 Å². The third kappa shape index (κ3) is 3.75. The van der Waals surface area contributed by atoms with E-state index in [1.807, 2.05) is 18.2 Å². The van der Waals surface area contributed by atoms with E-state index in [0.29, 0.717) is 0 Å². The molecule has 9 aromatic rings. The molecule has 0 unspecified atom stereocenters. The van der Waals surface area contributed by atoms with Crippen molar-refractivity contribution >= 4 is 54.3 Å². The third-order valence-electron chi connectivity index (χ3n) is 8.55. The molecular formula is C40H25N3. The van der Waals surface area contributed by atoms with Gasteiger partial charge in [0.25, 0.3) is 0 Å². The van der Waals surface area contributed by atoms with Crippen molar-refractivity contribution in [3.63, 3.8) is 0 Å². The molecule has 0 saturated heterocycles. The van der Waals surface area contributed by atoms with E-state index in [1.165, 1.54) is 43.4 Å². The number of para-hydroxylation sites is 1. The predicted molar refractivity (Wildman–Crippen MR) is 180 cm³/mol. The number of hydrogen-bond donors (Lipinski definition) is 0. The summed E-state index contributed by atoms with van der Waals surface area (Å²) in [5, 5.41) is 8.53. The Kier molecular flexibility index (Phi) is 5.20. The highest BCUT2D eigenvalue weighted by Gasteiger charge is 2.17. The average Bonchev–Trinajstić information content (AvgIpc) is 3.40. The Hall–Kier alpha value is -5.80. The molecule has 0 aliphatic rings. The molecule has 43 heavy (non-hydrogen) atoms. The van der Waals surface area contributed by atoms with Gasteiger partial charge in [-0.05, 0) is 58.6 Å². The van der Waals surface area contributed by atoms with Gasteiger partial charge in [-0.15, -0.1) is 0 Å². The molecular weight excluding hydrogens is 522 g/mol. The standard InChI is InChI=1S/C40H25N3/c1-2-11-27(12-3-1)38-34-16-8-9-17-36(34)41-40(42-38)28-18-21-31(22-19-28)43-37-25-30-14-5-4-13-29(30)24-35(37)33-23-20-26-10-6-7-15-32(26)39(33)43/h1-25H. The van der Waals surface area contributed by atoms with Gasteiger partial charge < -0.3 is 4.57 Å². The molecule has 0 N–H and O–H groups in total. The van der Waals surface area contributed by atoms with Gasteiger partial charge in [0.1, 0.15) is 0 Å². The second-order valence-electron chi connectivity index (χ2n) is 11.1. The Morgan fingerprint density at radius 3 is 1.91 bits per heavy atom. The van der Waals surface area contributed by atoms with E-state index in [-0.39, 0.29) is 0 Å². The molecule has 9 rings (SSSR count). The quantitative estimate of drug-likeness (QED) is 0.220. The van der Waals surface area contributed by atoms with Crippen LogP contribution in [0.25, 0.3) is 82.6 Å². The van der Waals surface area contributed by atoms with Crippen LogP contribution in [0.1, 0.15) is 0 Å². The summed E-state index contributed by atoms with van der Waals surface area (Å²) in [7, 11) is 0. The van der Waals surface area contributed by atoms with Crippen LogP contribution >= 0.6 is 0 Å². The average molecular weight is 548 g/mol. The molecule has 0 radical (unpaired) electrons.